The van der Waals surface area contributed by atoms with E-state index in [9.17, 15) is 0 Å². The van der Waals surface area contributed by atoms with Crippen LogP contribution in [0.4, 0.5) is 0 Å². The van der Waals surface area contributed by atoms with Gasteiger partial charge in [0.25, 0.3) is 0 Å². The predicted molar refractivity (Wildman–Crippen MR) is 81.0 cm³/mol. The first-order valence-corrected chi connectivity index (χ1v) is 7.72. The molecule has 1 aliphatic heterocycles. The van der Waals surface area contributed by atoms with Crippen LogP contribution in [0.25, 0.3) is 0 Å². The Morgan fingerprint density at radius 2 is 1.78 bits per heavy atom. The molecule has 1 N–H and O–H groups in total. The molecule has 1 fully saturated rings. The number of hydrogen-bond acceptors (Lipinski definition) is 2. The van der Waals surface area contributed by atoms with Gasteiger partial charge in [-0.05, 0) is 52.0 Å². The molecular weight excluding hydrogens is 220 g/mol. The highest BCUT2D eigenvalue weighted by Crippen LogP contribution is 2.25. The van der Waals surface area contributed by atoms with Gasteiger partial charge >= 0.3 is 0 Å². The van der Waals surface area contributed by atoms with E-state index in [-0.39, 0.29) is 5.54 Å². The molecule has 1 saturated heterocycles. The summed E-state index contributed by atoms with van der Waals surface area (Å²) in [6.07, 6.45) is 5.52. The van der Waals surface area contributed by atoms with Gasteiger partial charge in [0.15, 0.2) is 0 Å². The van der Waals surface area contributed by atoms with Gasteiger partial charge in [-0.15, -0.1) is 0 Å². The van der Waals surface area contributed by atoms with Crippen molar-refractivity contribution in [2.24, 2.45) is 5.41 Å². The number of rotatable bonds is 5. The molecule has 1 atom stereocenters. The zero-order valence-electron chi connectivity index (χ0n) is 13.5. The summed E-state index contributed by atoms with van der Waals surface area (Å²) in [5, 5.41) is 3.66. The SMILES string of the molecule is CCC1CCCCN1CC(C)(C)CNC(C)(C)C. The van der Waals surface area contributed by atoms with Crippen molar-refractivity contribution < 1.29 is 0 Å². The summed E-state index contributed by atoms with van der Waals surface area (Å²) in [4.78, 5) is 2.73. The second kappa shape index (κ2) is 6.38. The van der Waals surface area contributed by atoms with Gasteiger partial charge < -0.3 is 5.32 Å². The van der Waals surface area contributed by atoms with Crippen LogP contribution in [-0.2, 0) is 0 Å². The van der Waals surface area contributed by atoms with Crippen LogP contribution in [-0.4, -0.2) is 36.1 Å². The molecule has 0 bridgehead atoms. The van der Waals surface area contributed by atoms with Crippen LogP contribution < -0.4 is 5.32 Å². The summed E-state index contributed by atoms with van der Waals surface area (Å²) >= 11 is 0. The molecule has 1 heterocycles. The molecule has 0 aliphatic carbocycles. The average Bonchev–Trinajstić information content (AvgIpc) is 2.26. The second-order valence-corrected chi connectivity index (χ2v) is 7.80. The lowest BCUT2D eigenvalue weighted by Crippen LogP contribution is -2.49. The van der Waals surface area contributed by atoms with Crippen LogP contribution in [0.1, 0.15) is 67.2 Å². The van der Waals surface area contributed by atoms with Gasteiger partial charge in [0.1, 0.15) is 0 Å². The third kappa shape index (κ3) is 5.71. The molecule has 0 aromatic rings. The van der Waals surface area contributed by atoms with E-state index in [1.807, 2.05) is 0 Å². The van der Waals surface area contributed by atoms with Gasteiger partial charge in [-0.1, -0.05) is 27.2 Å². The number of hydrogen-bond donors (Lipinski definition) is 1. The van der Waals surface area contributed by atoms with Crippen LogP contribution >= 0.6 is 0 Å². The molecule has 108 valence electrons. The van der Waals surface area contributed by atoms with Crippen LogP contribution in [0.5, 0.6) is 0 Å². The lowest BCUT2D eigenvalue weighted by molar-refractivity contribution is 0.0896. The van der Waals surface area contributed by atoms with Crippen molar-refractivity contribution in [3.8, 4) is 0 Å². The molecule has 1 rings (SSSR count). The van der Waals surface area contributed by atoms with Crippen LogP contribution in [0.3, 0.4) is 0 Å². The molecule has 2 heteroatoms. The molecule has 0 amide bonds. The largest absolute Gasteiger partial charge is 0.311 e. The van der Waals surface area contributed by atoms with Crippen molar-refractivity contribution >= 4 is 0 Å². The van der Waals surface area contributed by atoms with E-state index < -0.39 is 0 Å². The standard InChI is InChI=1S/C16H34N2/c1-7-14-10-8-9-11-18(14)13-16(5,6)12-17-15(2,3)4/h14,17H,7-13H2,1-6H3. The topological polar surface area (TPSA) is 15.3 Å². The number of piperidine rings is 1. The average molecular weight is 254 g/mol. The lowest BCUT2D eigenvalue weighted by Gasteiger charge is -2.41. The number of nitrogens with zero attached hydrogens (tertiary/aromatic N) is 1. The first-order valence-electron chi connectivity index (χ1n) is 7.72. The molecule has 0 radical (unpaired) electrons. The molecule has 1 aliphatic rings. The minimum atomic E-state index is 0.226. The summed E-state index contributed by atoms with van der Waals surface area (Å²) in [7, 11) is 0. The van der Waals surface area contributed by atoms with E-state index >= 15 is 0 Å². The molecule has 0 aromatic heterocycles. The maximum absolute atomic E-state index is 3.66. The first kappa shape index (κ1) is 16.0. The van der Waals surface area contributed by atoms with Crippen molar-refractivity contribution in [2.45, 2.75) is 78.8 Å². The van der Waals surface area contributed by atoms with Crippen molar-refractivity contribution in [1.29, 1.82) is 0 Å². The maximum atomic E-state index is 3.66. The third-order valence-corrected chi connectivity index (χ3v) is 3.95. The summed E-state index contributed by atoms with van der Waals surface area (Å²) in [5.74, 6) is 0. The maximum Gasteiger partial charge on any atom is 0.00967 e. The van der Waals surface area contributed by atoms with Gasteiger partial charge in [0.05, 0.1) is 0 Å². The zero-order valence-corrected chi connectivity index (χ0v) is 13.5. The molecular formula is C16H34N2. The van der Waals surface area contributed by atoms with E-state index in [4.69, 9.17) is 0 Å². The highest BCUT2D eigenvalue weighted by atomic mass is 15.2. The van der Waals surface area contributed by atoms with Crippen molar-refractivity contribution in [2.75, 3.05) is 19.6 Å². The van der Waals surface area contributed by atoms with E-state index in [1.54, 1.807) is 0 Å². The summed E-state index contributed by atoms with van der Waals surface area (Å²) in [6, 6.07) is 0.827. The number of nitrogens with one attached hydrogen (secondary N) is 1. The normalized spacial score (nSPS) is 23.3. The Morgan fingerprint density at radius 1 is 1.11 bits per heavy atom. The highest BCUT2D eigenvalue weighted by molar-refractivity contribution is 4.84. The van der Waals surface area contributed by atoms with Gasteiger partial charge in [0.2, 0.25) is 0 Å². The van der Waals surface area contributed by atoms with Gasteiger partial charge in [-0.3, -0.25) is 4.90 Å². The fraction of sp³-hybridized carbons (Fsp3) is 1.00. The van der Waals surface area contributed by atoms with Crippen LogP contribution in [0.15, 0.2) is 0 Å². The highest BCUT2D eigenvalue weighted by Gasteiger charge is 2.28. The van der Waals surface area contributed by atoms with Crippen molar-refractivity contribution in [3.63, 3.8) is 0 Å². The molecule has 18 heavy (non-hydrogen) atoms. The molecule has 0 spiro atoms. The lowest BCUT2D eigenvalue weighted by atomic mass is 9.88. The molecule has 1 unspecified atom stereocenters. The van der Waals surface area contributed by atoms with E-state index in [1.165, 1.54) is 38.8 Å². The fourth-order valence-electron chi connectivity index (χ4n) is 2.84. The Bertz CT molecular complexity index is 240. The van der Waals surface area contributed by atoms with E-state index in [0.29, 0.717) is 5.41 Å². The summed E-state index contributed by atoms with van der Waals surface area (Å²) < 4.78 is 0. The quantitative estimate of drug-likeness (QED) is 0.805. The first-order chi connectivity index (χ1) is 8.23. The summed E-state index contributed by atoms with van der Waals surface area (Å²) in [5.41, 5.74) is 0.585. The van der Waals surface area contributed by atoms with Crippen LogP contribution in [0, 0.1) is 5.41 Å². The predicted octanol–water partition coefficient (Wildman–Crippen LogP) is 3.67. The smallest absolute Gasteiger partial charge is 0.00967 e. The minimum absolute atomic E-state index is 0.226. The fourth-order valence-corrected chi connectivity index (χ4v) is 2.84. The second-order valence-electron chi connectivity index (χ2n) is 7.80. The Morgan fingerprint density at radius 3 is 2.33 bits per heavy atom. The van der Waals surface area contributed by atoms with Crippen molar-refractivity contribution in [3.05, 3.63) is 0 Å². The van der Waals surface area contributed by atoms with E-state index in [0.717, 1.165) is 12.6 Å². The van der Waals surface area contributed by atoms with Crippen LogP contribution in [0.2, 0.25) is 0 Å². The Hall–Kier alpha value is -0.0800. The van der Waals surface area contributed by atoms with Gasteiger partial charge in [0, 0.05) is 24.7 Å². The molecule has 0 aromatic carbocycles. The molecule has 2 nitrogen and oxygen atoms in total. The minimum Gasteiger partial charge on any atom is -0.311 e. The Kier molecular flexibility index (Phi) is 5.67. The van der Waals surface area contributed by atoms with Crippen molar-refractivity contribution in [1.82, 2.24) is 10.2 Å². The molecule has 0 saturated carbocycles. The Labute approximate surface area is 115 Å². The van der Waals surface area contributed by atoms with Gasteiger partial charge in [-0.25, -0.2) is 0 Å². The Balaban J connectivity index is 2.47. The summed E-state index contributed by atoms with van der Waals surface area (Å²) in [6.45, 7) is 17.5. The zero-order chi connectivity index (χ0) is 13.8. The third-order valence-electron chi connectivity index (χ3n) is 3.95. The van der Waals surface area contributed by atoms with E-state index in [2.05, 4.69) is 51.8 Å². The van der Waals surface area contributed by atoms with Gasteiger partial charge in [-0.2, -0.15) is 0 Å². The number of likely N-dealkylation sites (tertiary alicyclic amines) is 1. The monoisotopic (exact) mass is 254 g/mol.